The van der Waals surface area contributed by atoms with E-state index in [0.29, 0.717) is 6.42 Å². The summed E-state index contributed by atoms with van der Waals surface area (Å²) in [6.07, 6.45) is 1.49. The molecule has 1 unspecified atom stereocenters. The molecular weight excluding hydrogens is 455 g/mol. The first-order valence-electron chi connectivity index (χ1n) is 11.2. The average Bonchev–Trinajstić information content (AvgIpc) is 2.85. The predicted molar refractivity (Wildman–Crippen MR) is 134 cm³/mol. The minimum absolute atomic E-state index is 0.0187. The van der Waals surface area contributed by atoms with Crippen LogP contribution in [0.1, 0.15) is 61.3 Å². The molecule has 2 aromatic rings. The van der Waals surface area contributed by atoms with E-state index in [4.69, 9.17) is 18.9 Å². The van der Waals surface area contributed by atoms with Gasteiger partial charge < -0.3 is 23.5 Å². The second-order valence-electron chi connectivity index (χ2n) is 8.64. The van der Waals surface area contributed by atoms with Crippen molar-refractivity contribution in [1.29, 1.82) is 0 Å². The Morgan fingerprint density at radius 1 is 0.794 bits per heavy atom. The molecule has 186 valence electrons. The maximum Gasteiger partial charge on any atom is 0.236 e. The van der Waals surface area contributed by atoms with Crippen LogP contribution in [0.5, 0.6) is 23.0 Å². The first-order valence-corrected chi connectivity index (χ1v) is 12.9. The lowest BCUT2D eigenvalue weighted by Crippen LogP contribution is -2.36. The summed E-state index contributed by atoms with van der Waals surface area (Å²) in [5.41, 5.74) is -1.66. The molecule has 0 fully saturated rings. The topological polar surface area (TPSA) is 88.1 Å². The van der Waals surface area contributed by atoms with Crippen molar-refractivity contribution in [1.82, 2.24) is 0 Å². The van der Waals surface area contributed by atoms with Crippen LogP contribution in [0.25, 0.3) is 0 Å². The summed E-state index contributed by atoms with van der Waals surface area (Å²) in [6.45, 7) is 7.35. The van der Waals surface area contributed by atoms with Gasteiger partial charge in [0.1, 0.15) is 34.1 Å². The molecular formula is C26H35O7P. The number of benzene rings is 2. The SMILES string of the molecule is CCCC(C)C(C)(C)P(=O)(C(=O)c1c(OC)cccc1OC)C(=O)c1c(OC)cccc1OC. The number of hydrogen-bond donors (Lipinski definition) is 0. The van der Waals surface area contributed by atoms with E-state index in [2.05, 4.69) is 0 Å². The van der Waals surface area contributed by atoms with Gasteiger partial charge in [0, 0.05) is 5.16 Å². The van der Waals surface area contributed by atoms with Crippen LogP contribution in [-0.4, -0.2) is 44.6 Å². The molecule has 2 aromatic carbocycles. The molecule has 0 aromatic heterocycles. The monoisotopic (exact) mass is 490 g/mol. The molecule has 0 aliphatic heterocycles. The molecule has 0 aliphatic rings. The van der Waals surface area contributed by atoms with Crippen LogP contribution >= 0.6 is 7.14 Å². The third-order valence-corrected chi connectivity index (χ3v) is 10.2. The zero-order valence-electron chi connectivity index (χ0n) is 21.3. The molecule has 0 aliphatic carbocycles. The largest absolute Gasteiger partial charge is 0.496 e. The molecule has 34 heavy (non-hydrogen) atoms. The lowest BCUT2D eigenvalue weighted by molar-refractivity contribution is 0.102. The van der Waals surface area contributed by atoms with Crippen molar-refractivity contribution in [3.05, 3.63) is 47.5 Å². The van der Waals surface area contributed by atoms with Gasteiger partial charge >= 0.3 is 0 Å². The average molecular weight is 491 g/mol. The highest BCUT2D eigenvalue weighted by molar-refractivity contribution is 7.96. The van der Waals surface area contributed by atoms with Crippen LogP contribution in [0.2, 0.25) is 0 Å². The molecule has 0 heterocycles. The van der Waals surface area contributed by atoms with Crippen molar-refractivity contribution in [3.8, 4) is 23.0 Å². The summed E-state index contributed by atoms with van der Waals surface area (Å²) in [5, 5.41) is -1.19. The van der Waals surface area contributed by atoms with Gasteiger partial charge in [-0.2, -0.15) is 0 Å². The molecule has 0 radical (unpaired) electrons. The molecule has 7 nitrogen and oxygen atoms in total. The van der Waals surface area contributed by atoms with Crippen LogP contribution in [0.4, 0.5) is 0 Å². The fourth-order valence-corrected chi connectivity index (χ4v) is 7.20. The fraction of sp³-hybridized carbons (Fsp3) is 0.462. The molecule has 2 rings (SSSR count). The van der Waals surface area contributed by atoms with E-state index in [1.54, 1.807) is 50.2 Å². The van der Waals surface area contributed by atoms with Gasteiger partial charge in [-0.15, -0.1) is 0 Å². The first-order chi connectivity index (χ1) is 16.1. The van der Waals surface area contributed by atoms with Crippen LogP contribution in [-0.2, 0) is 4.57 Å². The predicted octanol–water partition coefficient (Wildman–Crippen LogP) is 6.28. The van der Waals surface area contributed by atoms with Crippen LogP contribution in [0.15, 0.2) is 36.4 Å². The van der Waals surface area contributed by atoms with Crippen LogP contribution < -0.4 is 18.9 Å². The summed E-state index contributed by atoms with van der Waals surface area (Å²) in [6, 6.07) is 9.64. The minimum atomic E-state index is -4.39. The van der Waals surface area contributed by atoms with Gasteiger partial charge in [0.2, 0.25) is 18.2 Å². The number of ether oxygens (including phenoxy) is 4. The summed E-state index contributed by atoms with van der Waals surface area (Å²) in [7, 11) is 1.24. The van der Waals surface area contributed by atoms with Crippen molar-refractivity contribution >= 4 is 18.2 Å². The Hall–Kier alpha value is -2.79. The van der Waals surface area contributed by atoms with E-state index in [0.717, 1.165) is 6.42 Å². The highest BCUT2D eigenvalue weighted by Crippen LogP contribution is 2.67. The lowest BCUT2D eigenvalue weighted by Gasteiger charge is -2.38. The second-order valence-corrected chi connectivity index (χ2v) is 11.8. The number of carbonyl (C=O) groups excluding carboxylic acids is 2. The highest BCUT2D eigenvalue weighted by Gasteiger charge is 2.57. The normalized spacial score (nSPS) is 12.6. The molecule has 0 amide bonds. The van der Waals surface area contributed by atoms with Crippen LogP contribution in [0.3, 0.4) is 0 Å². The van der Waals surface area contributed by atoms with E-state index in [1.165, 1.54) is 28.4 Å². The maximum atomic E-state index is 15.1. The fourth-order valence-electron chi connectivity index (χ4n) is 4.15. The summed E-state index contributed by atoms with van der Waals surface area (Å²) >= 11 is 0. The van der Waals surface area contributed by atoms with Crippen molar-refractivity contribution in [2.45, 2.75) is 45.7 Å². The van der Waals surface area contributed by atoms with E-state index in [1.807, 2.05) is 13.8 Å². The zero-order valence-corrected chi connectivity index (χ0v) is 22.2. The maximum absolute atomic E-state index is 15.1. The standard InChI is InChI=1S/C26H35O7P/c1-9-12-17(2)26(3,4)34(29,24(27)22-18(30-5)13-10-14-19(22)31-6)25(28)23-20(32-7)15-11-16-21(23)33-8/h10-11,13-17H,9,12H2,1-8H3. The van der Waals surface area contributed by atoms with Gasteiger partial charge in [-0.1, -0.05) is 46.2 Å². The van der Waals surface area contributed by atoms with E-state index >= 15 is 4.57 Å². The van der Waals surface area contributed by atoms with E-state index < -0.39 is 23.3 Å². The van der Waals surface area contributed by atoms with Gasteiger partial charge in [-0.05, 0) is 36.6 Å². The van der Waals surface area contributed by atoms with E-state index in [-0.39, 0.29) is 40.0 Å². The Morgan fingerprint density at radius 2 is 1.12 bits per heavy atom. The molecule has 0 bridgehead atoms. The molecule has 0 N–H and O–H groups in total. The summed E-state index contributed by atoms with van der Waals surface area (Å²) in [5.74, 6) is 0.524. The summed E-state index contributed by atoms with van der Waals surface area (Å²) < 4.78 is 36.8. The Morgan fingerprint density at radius 3 is 1.38 bits per heavy atom. The van der Waals surface area contributed by atoms with Gasteiger partial charge in [0.25, 0.3) is 0 Å². The molecule has 8 heteroatoms. The molecule has 0 spiro atoms. The third-order valence-electron chi connectivity index (χ3n) is 6.59. The highest BCUT2D eigenvalue weighted by atomic mass is 31.2. The third kappa shape index (κ3) is 4.58. The van der Waals surface area contributed by atoms with Crippen LogP contribution in [0, 0.1) is 5.92 Å². The Labute approximate surface area is 202 Å². The first kappa shape index (κ1) is 27.5. The zero-order chi connectivity index (χ0) is 25.7. The summed E-state index contributed by atoms with van der Waals surface area (Å²) in [4.78, 5) is 28.5. The number of methoxy groups -OCH3 is 4. The van der Waals surface area contributed by atoms with Crippen molar-refractivity contribution in [3.63, 3.8) is 0 Å². The smallest absolute Gasteiger partial charge is 0.236 e. The Kier molecular flexibility index (Phi) is 8.96. The van der Waals surface area contributed by atoms with Crippen molar-refractivity contribution < 1.29 is 33.1 Å². The molecule has 0 saturated carbocycles. The quantitative estimate of drug-likeness (QED) is 0.324. The van der Waals surface area contributed by atoms with Gasteiger partial charge in [-0.25, -0.2) is 0 Å². The number of rotatable bonds is 12. The van der Waals surface area contributed by atoms with Gasteiger partial charge in [-0.3, -0.25) is 9.59 Å². The van der Waals surface area contributed by atoms with Crippen molar-refractivity contribution in [2.75, 3.05) is 28.4 Å². The molecule has 0 saturated heterocycles. The lowest BCUT2D eigenvalue weighted by atomic mass is 9.92. The Balaban J connectivity index is 2.94. The minimum Gasteiger partial charge on any atom is -0.496 e. The Bertz CT molecular complexity index is 975. The number of hydrogen-bond acceptors (Lipinski definition) is 7. The molecule has 1 atom stereocenters. The second kappa shape index (κ2) is 11.1. The van der Waals surface area contributed by atoms with E-state index in [9.17, 15) is 9.59 Å². The van der Waals surface area contributed by atoms with Gasteiger partial charge in [0.05, 0.1) is 28.4 Å². The van der Waals surface area contributed by atoms with Crippen molar-refractivity contribution in [2.24, 2.45) is 5.92 Å². The van der Waals surface area contributed by atoms with Gasteiger partial charge in [0.15, 0.2) is 0 Å². The number of carbonyl (C=O) groups is 2.